The van der Waals surface area contributed by atoms with Crippen molar-refractivity contribution in [2.24, 2.45) is 17.8 Å². The molecule has 0 aromatic heterocycles. The molecule has 1 heteroatoms. The lowest BCUT2D eigenvalue weighted by atomic mass is 9.48. The molecule has 8 aromatic carbocycles. The first-order valence-corrected chi connectivity index (χ1v) is 25.7. The number of aryl methyl sites for hydroxylation is 2. The Morgan fingerprint density at radius 2 is 0.809 bits per heavy atom. The van der Waals surface area contributed by atoms with E-state index in [4.69, 9.17) is 0 Å². The lowest BCUT2D eigenvalue weighted by Gasteiger charge is -2.57. The summed E-state index contributed by atoms with van der Waals surface area (Å²) in [7, 11) is 0. The minimum atomic E-state index is -0.478. The van der Waals surface area contributed by atoms with Crippen molar-refractivity contribution < 1.29 is 0 Å². The van der Waals surface area contributed by atoms with E-state index in [9.17, 15) is 0 Å². The number of anilines is 3. The Kier molecular flexibility index (Phi) is 8.40. The van der Waals surface area contributed by atoms with E-state index >= 15 is 0 Å². The molecule has 334 valence electrons. The van der Waals surface area contributed by atoms with Gasteiger partial charge in [-0.2, -0.15) is 0 Å². The Morgan fingerprint density at radius 1 is 0.382 bits per heavy atom. The highest BCUT2D eigenvalue weighted by molar-refractivity contribution is 5.93. The lowest BCUT2D eigenvalue weighted by Crippen LogP contribution is -2.48. The van der Waals surface area contributed by atoms with E-state index in [0.717, 1.165) is 17.8 Å². The van der Waals surface area contributed by atoms with E-state index in [1.807, 2.05) is 0 Å². The average molecular weight is 880 g/mol. The topological polar surface area (TPSA) is 3.24 Å². The van der Waals surface area contributed by atoms with Gasteiger partial charge in [-0.3, -0.25) is 0 Å². The van der Waals surface area contributed by atoms with Crippen LogP contribution in [-0.2, 0) is 21.7 Å². The third-order valence-corrected chi connectivity index (χ3v) is 18.7. The normalized spacial score (nSPS) is 23.1. The molecule has 7 aliphatic rings. The summed E-state index contributed by atoms with van der Waals surface area (Å²) in [5.41, 5.74) is 26.5. The van der Waals surface area contributed by atoms with Crippen LogP contribution in [-0.4, -0.2) is 0 Å². The van der Waals surface area contributed by atoms with E-state index < -0.39 is 5.41 Å². The predicted molar refractivity (Wildman–Crippen MR) is 283 cm³/mol. The minimum absolute atomic E-state index is 0.129. The first-order valence-electron chi connectivity index (χ1n) is 25.7. The first-order chi connectivity index (χ1) is 33.0. The van der Waals surface area contributed by atoms with Crippen molar-refractivity contribution in [3.8, 4) is 33.4 Å². The largest absolute Gasteiger partial charge is 0.310 e. The quantitative estimate of drug-likeness (QED) is 0.166. The van der Waals surface area contributed by atoms with Crippen LogP contribution < -0.4 is 4.90 Å². The molecular weight excluding hydrogens is 819 g/mol. The molecule has 0 amide bonds. The van der Waals surface area contributed by atoms with Crippen LogP contribution >= 0.6 is 0 Å². The Hall–Kier alpha value is -6.44. The van der Waals surface area contributed by atoms with E-state index in [0.29, 0.717) is 5.41 Å². The highest BCUT2D eigenvalue weighted by Gasteiger charge is 2.54. The second-order valence-electron chi connectivity index (χ2n) is 23.2. The van der Waals surface area contributed by atoms with Gasteiger partial charge in [0.15, 0.2) is 0 Å². The number of hydrogen-bond donors (Lipinski definition) is 0. The summed E-state index contributed by atoms with van der Waals surface area (Å²) in [6, 6.07) is 66.4. The third-order valence-electron chi connectivity index (χ3n) is 18.7. The van der Waals surface area contributed by atoms with Gasteiger partial charge in [-0.25, -0.2) is 0 Å². The molecule has 0 radical (unpaired) electrons. The molecule has 15 rings (SSSR count). The van der Waals surface area contributed by atoms with Crippen molar-refractivity contribution in [1.29, 1.82) is 0 Å². The number of fused-ring (bicyclic) bond motifs is 12. The minimum Gasteiger partial charge on any atom is -0.310 e. The van der Waals surface area contributed by atoms with Crippen LogP contribution in [0.25, 0.3) is 33.4 Å². The van der Waals surface area contributed by atoms with E-state index in [1.165, 1.54) is 145 Å². The van der Waals surface area contributed by atoms with Crippen LogP contribution in [0.1, 0.15) is 127 Å². The van der Waals surface area contributed by atoms with Crippen LogP contribution in [0.2, 0.25) is 0 Å². The van der Waals surface area contributed by atoms with Crippen LogP contribution in [0.4, 0.5) is 17.1 Å². The molecule has 0 heterocycles. The maximum atomic E-state index is 2.60. The molecular formula is C67H61N. The zero-order valence-corrected chi connectivity index (χ0v) is 40.6. The molecule has 0 atom stereocenters. The molecule has 0 aliphatic heterocycles. The van der Waals surface area contributed by atoms with Crippen molar-refractivity contribution in [1.82, 2.24) is 0 Å². The lowest BCUT2D eigenvalue weighted by molar-refractivity contribution is -0.00518. The summed E-state index contributed by atoms with van der Waals surface area (Å²) >= 11 is 0. The van der Waals surface area contributed by atoms with Crippen molar-refractivity contribution >= 4 is 17.1 Å². The van der Waals surface area contributed by atoms with Crippen molar-refractivity contribution in [2.75, 3.05) is 4.90 Å². The maximum absolute atomic E-state index is 2.60. The molecule has 1 nitrogen and oxygen atoms in total. The van der Waals surface area contributed by atoms with Gasteiger partial charge in [-0.1, -0.05) is 161 Å². The van der Waals surface area contributed by atoms with Gasteiger partial charge in [0.05, 0.1) is 11.1 Å². The monoisotopic (exact) mass is 879 g/mol. The van der Waals surface area contributed by atoms with Gasteiger partial charge in [0.25, 0.3) is 0 Å². The van der Waals surface area contributed by atoms with Gasteiger partial charge < -0.3 is 4.90 Å². The van der Waals surface area contributed by atoms with Crippen molar-refractivity contribution in [2.45, 2.75) is 102 Å². The zero-order chi connectivity index (χ0) is 45.9. The molecule has 1 spiro atoms. The smallest absolute Gasteiger partial charge is 0.0720 e. The van der Waals surface area contributed by atoms with Crippen molar-refractivity contribution in [3.05, 3.63) is 231 Å². The predicted octanol–water partition coefficient (Wildman–Crippen LogP) is 17.2. The van der Waals surface area contributed by atoms with Crippen LogP contribution in [0.15, 0.2) is 170 Å². The number of rotatable bonds is 5. The summed E-state index contributed by atoms with van der Waals surface area (Å²) in [5, 5.41) is 0. The zero-order valence-electron chi connectivity index (χ0n) is 40.6. The molecule has 0 N–H and O–H groups in total. The Bertz CT molecular complexity index is 3300. The van der Waals surface area contributed by atoms with E-state index in [1.54, 1.807) is 5.56 Å². The van der Waals surface area contributed by atoms with Crippen LogP contribution in [0.3, 0.4) is 0 Å². The fourth-order valence-corrected chi connectivity index (χ4v) is 16.2. The van der Waals surface area contributed by atoms with E-state index in [2.05, 4.69) is 216 Å². The fraction of sp³-hybridized carbons (Fsp3) is 0.284. The van der Waals surface area contributed by atoms with Crippen LogP contribution in [0, 0.1) is 31.6 Å². The van der Waals surface area contributed by atoms with Gasteiger partial charge in [0.1, 0.15) is 0 Å². The molecule has 4 bridgehead atoms. The highest BCUT2D eigenvalue weighted by atomic mass is 15.1. The van der Waals surface area contributed by atoms with E-state index in [-0.39, 0.29) is 10.8 Å². The van der Waals surface area contributed by atoms with Gasteiger partial charge in [0.2, 0.25) is 0 Å². The molecule has 8 aromatic rings. The second kappa shape index (κ2) is 14.1. The molecule has 4 saturated carbocycles. The third kappa shape index (κ3) is 5.40. The number of nitrogens with zero attached hydrogens (tertiary/aromatic N) is 1. The summed E-state index contributed by atoms with van der Waals surface area (Å²) in [5.74, 6) is 2.84. The maximum Gasteiger partial charge on any atom is 0.0720 e. The summed E-state index contributed by atoms with van der Waals surface area (Å²) in [6.45, 7) is 14.3. The van der Waals surface area contributed by atoms with Gasteiger partial charge in [0, 0.05) is 22.2 Å². The molecule has 7 aliphatic carbocycles. The second-order valence-corrected chi connectivity index (χ2v) is 23.2. The molecule has 4 fully saturated rings. The number of benzene rings is 8. The fourth-order valence-electron chi connectivity index (χ4n) is 16.2. The molecule has 0 unspecified atom stereocenters. The first kappa shape index (κ1) is 40.6. The van der Waals surface area contributed by atoms with Crippen LogP contribution in [0.5, 0.6) is 0 Å². The average Bonchev–Trinajstić information content (AvgIpc) is 3.76. The summed E-state index contributed by atoms with van der Waals surface area (Å²) in [4.78, 5) is 2.60. The Morgan fingerprint density at radius 3 is 1.37 bits per heavy atom. The van der Waals surface area contributed by atoms with Crippen molar-refractivity contribution in [3.63, 3.8) is 0 Å². The molecule has 0 saturated heterocycles. The van der Waals surface area contributed by atoms with Gasteiger partial charge >= 0.3 is 0 Å². The van der Waals surface area contributed by atoms with Gasteiger partial charge in [-0.15, -0.1) is 0 Å². The number of hydrogen-bond acceptors (Lipinski definition) is 1. The summed E-state index contributed by atoms with van der Waals surface area (Å²) in [6.07, 6.45) is 8.66. The Labute approximate surface area is 403 Å². The summed E-state index contributed by atoms with van der Waals surface area (Å²) < 4.78 is 0. The standard InChI is InChI=1S/C67H61N/c1-41-31-47(46-23-25-48(26-24-46)66-38-43-33-44(39-66)35-45(34-43)40-66)32-42(2)63(41)68(49-27-29-53-51-15-7-9-17-55(51)64(3,4)61(53)36-49)50-28-30-54-52-16-8-10-18-56(52)67(62(54)37-50)59-21-13-11-19-57(59)65(5,6)58-20-12-14-22-60(58)67/h7-32,36-37,43-45H,33-35,38-40H2,1-6H3. The van der Waals surface area contributed by atoms with Gasteiger partial charge in [-0.05, 0) is 207 Å². The highest BCUT2D eigenvalue weighted by Crippen LogP contribution is 2.64. The Balaban J connectivity index is 0.956. The SMILES string of the molecule is Cc1cc(-c2ccc(C34CC5CC(CC(C5)C3)C4)cc2)cc(C)c1N(c1ccc2c(c1)C(C)(C)c1ccccc1-2)c1ccc2c(c1)C1(c3ccccc3-2)c2ccccc2C(C)(C)c2ccccc21. The molecule has 68 heavy (non-hydrogen) atoms.